The fourth-order valence-corrected chi connectivity index (χ4v) is 5.42. The molecular weight excluding hydrogens is 491 g/mol. The Morgan fingerprint density at radius 3 is 2.74 bits per heavy atom. The second kappa shape index (κ2) is 9.58. The summed E-state index contributed by atoms with van der Waals surface area (Å²) in [7, 11) is 0. The number of hydrogen-bond donors (Lipinski definition) is 3. The van der Waals surface area contributed by atoms with Gasteiger partial charge >= 0.3 is 0 Å². The first-order valence-electron chi connectivity index (χ1n) is 12.9. The smallest absolute Gasteiger partial charge is 0.251 e. The molecular formula is C28H33FN4O5. The molecule has 0 spiro atoms. The lowest BCUT2D eigenvalue weighted by Crippen LogP contribution is -2.52. The van der Waals surface area contributed by atoms with Crippen molar-refractivity contribution < 1.29 is 28.6 Å². The summed E-state index contributed by atoms with van der Waals surface area (Å²) in [5.74, 6) is -0.232. The lowest BCUT2D eigenvalue weighted by Gasteiger charge is -2.40. The van der Waals surface area contributed by atoms with Gasteiger partial charge in [0.2, 0.25) is 5.91 Å². The third-order valence-corrected chi connectivity index (χ3v) is 7.85. The van der Waals surface area contributed by atoms with Gasteiger partial charge in [-0.15, -0.1) is 0 Å². The highest BCUT2D eigenvalue weighted by Crippen LogP contribution is 2.41. The number of nitrogens with one attached hydrogen (secondary N) is 1. The van der Waals surface area contributed by atoms with Crippen LogP contribution in [0.2, 0.25) is 0 Å². The van der Waals surface area contributed by atoms with E-state index < -0.39 is 34.9 Å². The zero-order valence-corrected chi connectivity index (χ0v) is 21.8. The Hall–Kier alpha value is -3.66. The average molecular weight is 525 g/mol. The van der Waals surface area contributed by atoms with Crippen molar-refractivity contribution in [2.45, 2.75) is 69.7 Å². The van der Waals surface area contributed by atoms with Gasteiger partial charge in [-0.25, -0.2) is 9.38 Å². The van der Waals surface area contributed by atoms with Crippen molar-refractivity contribution in [3.05, 3.63) is 58.9 Å². The van der Waals surface area contributed by atoms with Crippen LogP contribution in [-0.4, -0.2) is 52.1 Å². The van der Waals surface area contributed by atoms with E-state index in [9.17, 15) is 19.1 Å². The first kappa shape index (κ1) is 26.0. The first-order valence-corrected chi connectivity index (χ1v) is 12.9. The van der Waals surface area contributed by atoms with E-state index in [-0.39, 0.29) is 48.2 Å². The van der Waals surface area contributed by atoms with Crippen molar-refractivity contribution in [2.24, 2.45) is 10.7 Å². The largest absolute Gasteiger partial charge is 0.493 e. The quantitative estimate of drug-likeness (QED) is 0.563. The zero-order valence-electron chi connectivity index (χ0n) is 21.8. The van der Waals surface area contributed by atoms with Crippen LogP contribution >= 0.6 is 0 Å². The molecule has 0 fully saturated rings. The molecule has 0 aromatic heterocycles. The highest BCUT2D eigenvalue weighted by atomic mass is 19.1. The number of nitrogens with zero attached hydrogens (tertiary/aromatic N) is 2. The van der Waals surface area contributed by atoms with Crippen molar-refractivity contribution in [3.63, 3.8) is 0 Å². The molecule has 2 unspecified atom stereocenters. The number of rotatable bonds is 4. The summed E-state index contributed by atoms with van der Waals surface area (Å²) in [6.07, 6.45) is 1.59. The van der Waals surface area contributed by atoms with Crippen LogP contribution in [0.15, 0.2) is 41.4 Å². The number of aliphatic hydroxyl groups is 1. The predicted molar refractivity (Wildman–Crippen MR) is 138 cm³/mol. The third-order valence-electron chi connectivity index (χ3n) is 7.85. The Kier molecular flexibility index (Phi) is 6.54. The van der Waals surface area contributed by atoms with Crippen LogP contribution in [-0.2, 0) is 4.79 Å². The van der Waals surface area contributed by atoms with E-state index in [1.807, 2.05) is 13.8 Å². The molecule has 0 saturated carbocycles. The number of amides is 2. The molecule has 0 radical (unpaired) electrons. The van der Waals surface area contributed by atoms with Crippen molar-refractivity contribution in [1.82, 2.24) is 10.2 Å². The summed E-state index contributed by atoms with van der Waals surface area (Å²) < 4.78 is 26.4. The summed E-state index contributed by atoms with van der Waals surface area (Å²) in [6.45, 7) is 5.98. The van der Waals surface area contributed by atoms with Gasteiger partial charge in [0.05, 0.1) is 48.4 Å². The number of carbonyl (C=O) groups excluding carboxylic acids is 2. The van der Waals surface area contributed by atoms with Crippen LogP contribution in [0.25, 0.3) is 0 Å². The summed E-state index contributed by atoms with van der Waals surface area (Å²) in [5.41, 5.74) is 5.31. The standard InChI is InChI=1S/C28H33FN4O5/c1-4-27(2)15-22(34)33(26(30)32-27)19-10-12-37-20-9-8-16(14-17(19)20)25(35)31-24-23-18(29)6-5-7-21(23)38-13-11-28(24,3)36/h5-9,14,19,24,36H,4,10-13,15H2,1-3H3,(H2,30,32)(H,31,35)/t19-,24?,27-,28?/m1/s1. The van der Waals surface area contributed by atoms with Crippen molar-refractivity contribution in [2.75, 3.05) is 13.2 Å². The number of fused-ring (bicyclic) bond motifs is 2. The van der Waals surface area contributed by atoms with E-state index in [1.165, 1.54) is 17.0 Å². The van der Waals surface area contributed by atoms with E-state index in [0.717, 1.165) is 0 Å². The van der Waals surface area contributed by atoms with Crippen molar-refractivity contribution >= 4 is 17.8 Å². The lowest BCUT2D eigenvalue weighted by molar-refractivity contribution is -0.131. The Morgan fingerprint density at radius 2 is 2.00 bits per heavy atom. The molecule has 0 saturated heterocycles. The Morgan fingerprint density at radius 1 is 1.24 bits per heavy atom. The van der Waals surface area contributed by atoms with Gasteiger partial charge in [0.25, 0.3) is 5.91 Å². The van der Waals surface area contributed by atoms with Gasteiger partial charge in [-0.1, -0.05) is 13.0 Å². The van der Waals surface area contributed by atoms with Gasteiger partial charge in [-0.2, -0.15) is 0 Å². The third kappa shape index (κ3) is 4.57. The normalized spacial score (nSPS) is 28.7. The summed E-state index contributed by atoms with van der Waals surface area (Å²) in [6, 6.07) is 7.86. The summed E-state index contributed by atoms with van der Waals surface area (Å²) in [5, 5.41) is 14.0. The highest BCUT2D eigenvalue weighted by molar-refractivity contribution is 6.00. The minimum atomic E-state index is -1.46. The molecule has 0 bridgehead atoms. The van der Waals surface area contributed by atoms with Crippen LogP contribution in [0.3, 0.4) is 0 Å². The molecule has 4 N–H and O–H groups in total. The topological polar surface area (TPSA) is 126 Å². The Balaban J connectivity index is 1.48. The van der Waals surface area contributed by atoms with E-state index in [1.54, 1.807) is 31.2 Å². The predicted octanol–water partition coefficient (Wildman–Crippen LogP) is 3.37. The molecule has 9 nitrogen and oxygen atoms in total. The fraction of sp³-hybridized carbons (Fsp3) is 0.464. The number of guanidine groups is 1. The number of hydrogen-bond acceptors (Lipinski definition) is 7. The fourth-order valence-electron chi connectivity index (χ4n) is 5.42. The molecule has 5 rings (SSSR count). The van der Waals surface area contributed by atoms with Crippen molar-refractivity contribution in [3.8, 4) is 11.5 Å². The minimum absolute atomic E-state index is 0.101. The SMILES string of the molecule is CC[C@]1(C)CC(=O)N([C@@H]2CCOc3ccc(C(=O)NC4c5c(F)cccc5OCCC4(C)O)cc32)C(N)=N1. The number of halogens is 1. The number of benzene rings is 2. The van der Waals surface area contributed by atoms with Crippen LogP contribution in [0.1, 0.15) is 80.0 Å². The number of carbonyl (C=O) groups is 2. The maximum Gasteiger partial charge on any atom is 0.251 e. The van der Waals surface area contributed by atoms with Crippen LogP contribution < -0.4 is 20.5 Å². The first-order chi connectivity index (χ1) is 18.0. The molecule has 4 atom stereocenters. The number of aliphatic imine (C=N–C) groups is 1. The van der Waals surface area contributed by atoms with Crippen LogP contribution in [0.4, 0.5) is 4.39 Å². The monoisotopic (exact) mass is 524 g/mol. The zero-order chi connectivity index (χ0) is 27.2. The van der Waals surface area contributed by atoms with Crippen LogP contribution in [0.5, 0.6) is 11.5 Å². The average Bonchev–Trinajstić information content (AvgIpc) is 2.99. The molecule has 0 aliphatic carbocycles. The lowest BCUT2D eigenvalue weighted by atomic mass is 9.87. The molecule has 3 aliphatic rings. The van der Waals surface area contributed by atoms with Crippen LogP contribution in [0, 0.1) is 5.82 Å². The van der Waals surface area contributed by atoms with Gasteiger partial charge in [0.1, 0.15) is 17.3 Å². The van der Waals surface area contributed by atoms with E-state index in [2.05, 4.69) is 10.3 Å². The van der Waals surface area contributed by atoms with Gasteiger partial charge in [-0.05, 0) is 50.6 Å². The molecule has 202 valence electrons. The van der Waals surface area contributed by atoms with Crippen molar-refractivity contribution in [1.29, 1.82) is 0 Å². The van der Waals surface area contributed by atoms with E-state index >= 15 is 0 Å². The van der Waals surface area contributed by atoms with Gasteiger partial charge in [0.15, 0.2) is 5.96 Å². The molecule has 2 aromatic rings. The summed E-state index contributed by atoms with van der Waals surface area (Å²) in [4.78, 5) is 32.8. The Labute approximate surface area is 220 Å². The molecule has 2 aromatic carbocycles. The van der Waals surface area contributed by atoms with E-state index in [0.29, 0.717) is 30.8 Å². The molecule has 38 heavy (non-hydrogen) atoms. The number of ether oxygens (including phenoxy) is 2. The van der Waals surface area contributed by atoms with Gasteiger partial charge < -0.3 is 25.6 Å². The molecule has 3 heterocycles. The maximum atomic E-state index is 14.9. The molecule has 2 amide bonds. The number of nitrogens with two attached hydrogens (primary N) is 1. The Bertz CT molecular complexity index is 1310. The summed E-state index contributed by atoms with van der Waals surface area (Å²) >= 11 is 0. The maximum absolute atomic E-state index is 14.9. The van der Waals surface area contributed by atoms with Gasteiger partial charge in [0, 0.05) is 24.0 Å². The molecule has 3 aliphatic heterocycles. The van der Waals surface area contributed by atoms with E-state index in [4.69, 9.17) is 15.2 Å². The second-order valence-corrected chi connectivity index (χ2v) is 10.7. The highest BCUT2D eigenvalue weighted by Gasteiger charge is 2.42. The van der Waals surface area contributed by atoms with Gasteiger partial charge in [-0.3, -0.25) is 14.5 Å². The molecule has 10 heteroatoms. The minimum Gasteiger partial charge on any atom is -0.493 e. The second-order valence-electron chi connectivity index (χ2n) is 10.7.